The average molecular weight is 387 g/mol. The molecule has 0 aliphatic carbocycles. The Morgan fingerprint density at radius 1 is 1.26 bits per heavy atom. The van der Waals surface area contributed by atoms with Gasteiger partial charge in [0.15, 0.2) is 16.3 Å². The first-order valence-electron chi connectivity index (χ1n) is 8.08. The van der Waals surface area contributed by atoms with Gasteiger partial charge in [-0.25, -0.2) is 0 Å². The van der Waals surface area contributed by atoms with E-state index < -0.39 is 10.8 Å². The Kier molecular flexibility index (Phi) is 5.22. The molecule has 0 bridgehead atoms. The Labute approximate surface area is 158 Å². The third-order valence-electron chi connectivity index (χ3n) is 4.02. The standard InChI is InChI=1S/C18H17N3O5S/c1-4-20-13-9-8-11(21(23)24)10-15(13)27-18(20)19-17(22)12-6-5-7-14(25-2)16(12)26-3/h5-10H,4H2,1-3H3. The van der Waals surface area contributed by atoms with E-state index in [1.54, 1.807) is 24.3 Å². The molecule has 1 heterocycles. The van der Waals surface area contributed by atoms with E-state index in [1.807, 2.05) is 11.5 Å². The largest absolute Gasteiger partial charge is 0.493 e. The van der Waals surface area contributed by atoms with Crippen molar-refractivity contribution in [2.24, 2.45) is 4.99 Å². The number of nitro benzene ring substituents is 1. The van der Waals surface area contributed by atoms with Crippen LogP contribution in [0.1, 0.15) is 17.3 Å². The van der Waals surface area contributed by atoms with Crippen LogP contribution in [0.5, 0.6) is 11.5 Å². The maximum atomic E-state index is 12.8. The lowest BCUT2D eigenvalue weighted by molar-refractivity contribution is -0.384. The van der Waals surface area contributed by atoms with E-state index in [0.29, 0.717) is 27.5 Å². The quantitative estimate of drug-likeness (QED) is 0.494. The second-order valence-electron chi connectivity index (χ2n) is 5.50. The monoisotopic (exact) mass is 387 g/mol. The first-order valence-corrected chi connectivity index (χ1v) is 8.89. The van der Waals surface area contributed by atoms with Crippen molar-refractivity contribution in [3.8, 4) is 11.5 Å². The van der Waals surface area contributed by atoms with Gasteiger partial charge in [-0.3, -0.25) is 14.9 Å². The molecule has 0 aliphatic heterocycles. The van der Waals surface area contributed by atoms with Crippen LogP contribution < -0.4 is 14.3 Å². The summed E-state index contributed by atoms with van der Waals surface area (Å²) in [5.41, 5.74) is 1.07. The highest BCUT2D eigenvalue weighted by Gasteiger charge is 2.17. The number of rotatable bonds is 5. The van der Waals surface area contributed by atoms with Crippen molar-refractivity contribution in [2.45, 2.75) is 13.5 Å². The van der Waals surface area contributed by atoms with Gasteiger partial charge in [-0.05, 0) is 25.1 Å². The summed E-state index contributed by atoms with van der Waals surface area (Å²) in [5, 5.41) is 11.0. The number of amides is 1. The molecule has 140 valence electrons. The summed E-state index contributed by atoms with van der Waals surface area (Å²) < 4.78 is 13.1. The van der Waals surface area contributed by atoms with Crippen LogP contribution in [0.15, 0.2) is 41.4 Å². The van der Waals surface area contributed by atoms with Gasteiger partial charge in [0.25, 0.3) is 11.6 Å². The number of hydrogen-bond donors (Lipinski definition) is 0. The first kappa shape index (κ1) is 18.6. The zero-order valence-electron chi connectivity index (χ0n) is 15.0. The lowest BCUT2D eigenvalue weighted by Crippen LogP contribution is -2.16. The Hall–Kier alpha value is -3.20. The van der Waals surface area contributed by atoms with Gasteiger partial charge in [0.1, 0.15) is 0 Å². The van der Waals surface area contributed by atoms with Crippen LogP contribution in [0.4, 0.5) is 5.69 Å². The minimum absolute atomic E-state index is 0.000607. The smallest absolute Gasteiger partial charge is 0.283 e. The van der Waals surface area contributed by atoms with Crippen molar-refractivity contribution in [3.63, 3.8) is 0 Å². The number of thiazole rings is 1. The number of ether oxygens (including phenoxy) is 2. The average Bonchev–Trinajstić information content (AvgIpc) is 3.02. The summed E-state index contributed by atoms with van der Waals surface area (Å²) in [6.07, 6.45) is 0. The number of para-hydroxylation sites is 1. The van der Waals surface area contributed by atoms with Crippen LogP contribution in [0.2, 0.25) is 0 Å². The Morgan fingerprint density at radius 3 is 2.67 bits per heavy atom. The second kappa shape index (κ2) is 7.58. The lowest BCUT2D eigenvalue weighted by atomic mass is 10.2. The fourth-order valence-electron chi connectivity index (χ4n) is 2.77. The Bertz CT molecular complexity index is 1100. The molecule has 2 aromatic carbocycles. The number of aryl methyl sites for hydroxylation is 1. The first-order chi connectivity index (χ1) is 13.0. The normalized spacial score (nSPS) is 11.6. The molecule has 0 atom stereocenters. The molecule has 0 unspecified atom stereocenters. The van der Waals surface area contributed by atoms with Gasteiger partial charge >= 0.3 is 0 Å². The molecule has 0 N–H and O–H groups in total. The number of carbonyl (C=O) groups is 1. The van der Waals surface area contributed by atoms with E-state index in [4.69, 9.17) is 9.47 Å². The Morgan fingerprint density at radius 2 is 2.04 bits per heavy atom. The highest BCUT2D eigenvalue weighted by Crippen LogP contribution is 2.31. The molecule has 9 heteroatoms. The molecule has 0 aliphatic rings. The molecule has 27 heavy (non-hydrogen) atoms. The maximum absolute atomic E-state index is 12.8. The van der Waals surface area contributed by atoms with Crippen molar-refractivity contribution in [2.75, 3.05) is 14.2 Å². The van der Waals surface area contributed by atoms with Crippen LogP contribution in [0, 0.1) is 10.1 Å². The molecular weight excluding hydrogens is 370 g/mol. The minimum Gasteiger partial charge on any atom is -0.493 e. The van der Waals surface area contributed by atoms with Gasteiger partial charge in [0.05, 0.1) is 34.9 Å². The van der Waals surface area contributed by atoms with Crippen molar-refractivity contribution >= 4 is 33.1 Å². The SMILES string of the molecule is CCn1c(=NC(=O)c2cccc(OC)c2OC)sc2cc([N+](=O)[O-])ccc21. The summed E-state index contributed by atoms with van der Waals surface area (Å²) in [6, 6.07) is 9.59. The molecule has 1 amide bonds. The number of fused-ring (bicyclic) bond motifs is 1. The third-order valence-corrected chi connectivity index (χ3v) is 5.07. The summed E-state index contributed by atoms with van der Waals surface area (Å²) in [6.45, 7) is 2.49. The maximum Gasteiger partial charge on any atom is 0.283 e. The van der Waals surface area contributed by atoms with Gasteiger partial charge in [-0.15, -0.1) is 0 Å². The van der Waals surface area contributed by atoms with E-state index in [2.05, 4.69) is 4.99 Å². The van der Waals surface area contributed by atoms with Gasteiger partial charge in [-0.2, -0.15) is 4.99 Å². The highest BCUT2D eigenvalue weighted by atomic mass is 32.1. The van der Waals surface area contributed by atoms with E-state index in [1.165, 1.54) is 37.7 Å². The van der Waals surface area contributed by atoms with E-state index in [9.17, 15) is 14.9 Å². The lowest BCUT2D eigenvalue weighted by Gasteiger charge is -2.09. The third kappa shape index (κ3) is 3.41. The van der Waals surface area contributed by atoms with Crippen LogP contribution >= 0.6 is 11.3 Å². The van der Waals surface area contributed by atoms with Gasteiger partial charge in [0, 0.05) is 18.7 Å². The number of nitrogens with zero attached hydrogens (tertiary/aromatic N) is 3. The summed E-state index contributed by atoms with van der Waals surface area (Å²) in [4.78, 5) is 28.0. The topological polar surface area (TPSA) is 96.0 Å². The van der Waals surface area contributed by atoms with E-state index in [-0.39, 0.29) is 11.3 Å². The van der Waals surface area contributed by atoms with Crippen molar-refractivity contribution in [3.05, 3.63) is 56.9 Å². The Balaban J connectivity index is 2.16. The minimum atomic E-state index is -0.478. The molecule has 0 radical (unpaired) electrons. The molecule has 0 saturated heterocycles. The molecule has 3 aromatic rings. The van der Waals surface area contributed by atoms with Gasteiger partial charge in [-0.1, -0.05) is 17.4 Å². The van der Waals surface area contributed by atoms with Gasteiger partial charge < -0.3 is 14.0 Å². The molecule has 1 aromatic heterocycles. The van der Waals surface area contributed by atoms with Crippen LogP contribution in [0.25, 0.3) is 10.2 Å². The number of nitro groups is 1. The molecular formula is C18H17N3O5S. The predicted molar refractivity (Wildman–Crippen MR) is 102 cm³/mol. The van der Waals surface area contributed by atoms with Gasteiger partial charge in [0.2, 0.25) is 0 Å². The number of non-ortho nitro benzene ring substituents is 1. The molecule has 0 saturated carbocycles. The predicted octanol–water partition coefficient (Wildman–Crippen LogP) is 3.39. The summed E-state index contributed by atoms with van der Waals surface area (Å²) >= 11 is 1.23. The van der Waals surface area contributed by atoms with E-state index >= 15 is 0 Å². The molecule has 0 fully saturated rings. The number of carbonyl (C=O) groups excluding carboxylic acids is 1. The highest BCUT2D eigenvalue weighted by molar-refractivity contribution is 7.16. The van der Waals surface area contributed by atoms with Crippen molar-refractivity contribution in [1.29, 1.82) is 0 Å². The number of benzene rings is 2. The fraction of sp³-hybridized carbons (Fsp3) is 0.222. The molecule has 8 nitrogen and oxygen atoms in total. The fourth-order valence-corrected chi connectivity index (χ4v) is 3.89. The van der Waals surface area contributed by atoms with E-state index in [0.717, 1.165) is 5.52 Å². The second-order valence-corrected chi connectivity index (χ2v) is 6.51. The summed E-state index contributed by atoms with van der Waals surface area (Å²) in [7, 11) is 2.95. The number of aromatic nitrogens is 1. The van der Waals surface area contributed by atoms with Crippen LogP contribution in [-0.2, 0) is 6.54 Å². The molecule has 0 spiro atoms. The van der Waals surface area contributed by atoms with Crippen LogP contribution in [0.3, 0.4) is 0 Å². The zero-order valence-corrected chi connectivity index (χ0v) is 15.8. The van der Waals surface area contributed by atoms with Crippen molar-refractivity contribution < 1.29 is 19.2 Å². The zero-order chi connectivity index (χ0) is 19.6. The number of methoxy groups -OCH3 is 2. The number of hydrogen-bond acceptors (Lipinski definition) is 6. The van der Waals surface area contributed by atoms with Crippen molar-refractivity contribution in [1.82, 2.24) is 4.57 Å². The van der Waals surface area contributed by atoms with Crippen LogP contribution in [-0.4, -0.2) is 29.6 Å². The summed E-state index contributed by atoms with van der Waals surface area (Å²) in [5.74, 6) is 0.274. The molecule has 3 rings (SSSR count).